The first-order valence-electron chi connectivity index (χ1n) is 9.51. The summed E-state index contributed by atoms with van der Waals surface area (Å²) in [7, 11) is 1.40. The smallest absolute Gasteiger partial charge is 0.262 e. The molecule has 0 spiro atoms. The number of furan rings is 1. The number of halogens is 2. The number of ether oxygens (including phenoxy) is 1. The molecule has 9 nitrogen and oxygen atoms in total. The molecule has 2 aromatic carbocycles. The van der Waals surface area contributed by atoms with Crippen LogP contribution in [0.15, 0.2) is 51.9 Å². The van der Waals surface area contributed by atoms with Crippen molar-refractivity contribution in [2.75, 3.05) is 17.7 Å². The lowest BCUT2D eigenvalue weighted by Gasteiger charge is -2.13. The van der Waals surface area contributed by atoms with Crippen molar-refractivity contribution in [2.24, 2.45) is 0 Å². The number of carbonyl (C=O) groups excluding carboxylic acids is 2. The van der Waals surface area contributed by atoms with Crippen molar-refractivity contribution >= 4 is 45.9 Å². The molecular weight excluding hydrogens is 455 g/mol. The van der Waals surface area contributed by atoms with Crippen LogP contribution < -0.4 is 20.9 Å². The van der Waals surface area contributed by atoms with Crippen LogP contribution in [0.25, 0.3) is 11.1 Å². The number of carbonyl (C=O) groups is 2. The van der Waals surface area contributed by atoms with Gasteiger partial charge in [-0.2, -0.15) is 0 Å². The molecule has 0 radical (unpaired) electrons. The molecule has 0 aliphatic rings. The number of fused-ring (bicyclic) bond motifs is 1. The quantitative estimate of drug-likeness (QED) is 0.402. The van der Waals surface area contributed by atoms with Crippen LogP contribution in [0.1, 0.15) is 26.5 Å². The van der Waals surface area contributed by atoms with E-state index in [0.29, 0.717) is 0 Å². The fourth-order valence-corrected chi connectivity index (χ4v) is 3.43. The number of nitrogens with zero attached hydrogens (tertiary/aromatic N) is 1. The van der Waals surface area contributed by atoms with Gasteiger partial charge in [0.1, 0.15) is 22.7 Å². The second-order valence-electron chi connectivity index (χ2n) is 6.89. The molecular formula is C22H16ClFN4O5. The third kappa shape index (κ3) is 4.28. The number of nitrogens with one attached hydrogen (secondary N) is 3. The molecule has 0 atom stereocenters. The van der Waals surface area contributed by atoms with Crippen molar-refractivity contribution in [3.05, 3.63) is 80.8 Å². The highest BCUT2D eigenvalue weighted by Gasteiger charge is 2.22. The van der Waals surface area contributed by atoms with Gasteiger partial charge in [-0.05, 0) is 43.3 Å². The number of aromatic nitrogens is 2. The lowest BCUT2D eigenvalue weighted by atomic mass is 10.1. The maximum Gasteiger partial charge on any atom is 0.262 e. The van der Waals surface area contributed by atoms with Crippen LogP contribution >= 0.6 is 11.6 Å². The summed E-state index contributed by atoms with van der Waals surface area (Å²) in [5, 5.41) is 5.38. The first kappa shape index (κ1) is 22.0. The van der Waals surface area contributed by atoms with E-state index in [2.05, 4.69) is 20.6 Å². The van der Waals surface area contributed by atoms with Gasteiger partial charge >= 0.3 is 0 Å². The van der Waals surface area contributed by atoms with Gasteiger partial charge in [-0.1, -0.05) is 11.6 Å². The molecule has 0 unspecified atom stereocenters. The normalized spacial score (nSPS) is 10.8. The Morgan fingerprint density at radius 3 is 2.67 bits per heavy atom. The van der Waals surface area contributed by atoms with Crippen LogP contribution in [0, 0.1) is 12.7 Å². The zero-order valence-corrected chi connectivity index (χ0v) is 18.0. The van der Waals surface area contributed by atoms with E-state index >= 15 is 0 Å². The molecule has 4 rings (SSSR count). The highest BCUT2D eigenvalue weighted by atomic mass is 35.5. The third-order valence-electron chi connectivity index (χ3n) is 4.78. The van der Waals surface area contributed by atoms with Crippen LogP contribution in [0.4, 0.5) is 15.8 Å². The van der Waals surface area contributed by atoms with Gasteiger partial charge in [0.25, 0.3) is 17.4 Å². The van der Waals surface area contributed by atoms with Gasteiger partial charge in [-0.3, -0.25) is 14.4 Å². The van der Waals surface area contributed by atoms with Gasteiger partial charge < -0.3 is 24.8 Å². The SMILES string of the molecule is COc1ccc(NC(=O)c2c(C)oc3nc[nH]c(=O)c23)cc1NC(=O)c1ccc(Cl)cc1F. The van der Waals surface area contributed by atoms with Crippen LogP contribution in [0.2, 0.25) is 5.02 Å². The van der Waals surface area contributed by atoms with E-state index in [-0.39, 0.29) is 50.1 Å². The van der Waals surface area contributed by atoms with E-state index in [1.165, 1.54) is 50.7 Å². The van der Waals surface area contributed by atoms with Gasteiger partial charge in [0.2, 0.25) is 5.71 Å². The van der Waals surface area contributed by atoms with Gasteiger partial charge in [-0.15, -0.1) is 0 Å². The third-order valence-corrected chi connectivity index (χ3v) is 5.01. The molecule has 0 aliphatic heterocycles. The summed E-state index contributed by atoms with van der Waals surface area (Å²) in [6.07, 6.45) is 1.18. The molecule has 33 heavy (non-hydrogen) atoms. The average Bonchev–Trinajstić information content (AvgIpc) is 3.11. The molecule has 0 bridgehead atoms. The van der Waals surface area contributed by atoms with Gasteiger partial charge in [-0.25, -0.2) is 9.37 Å². The zero-order valence-electron chi connectivity index (χ0n) is 17.3. The lowest BCUT2D eigenvalue weighted by Crippen LogP contribution is -2.17. The maximum atomic E-state index is 14.1. The lowest BCUT2D eigenvalue weighted by molar-refractivity contribution is 0.101. The molecule has 0 saturated heterocycles. The summed E-state index contributed by atoms with van der Waals surface area (Å²) in [5.74, 6) is -1.64. The summed E-state index contributed by atoms with van der Waals surface area (Å²) in [6, 6.07) is 8.15. The molecule has 3 N–H and O–H groups in total. The summed E-state index contributed by atoms with van der Waals surface area (Å²) in [6.45, 7) is 1.54. The average molecular weight is 471 g/mol. The van der Waals surface area contributed by atoms with Gasteiger partial charge in [0, 0.05) is 10.7 Å². The molecule has 2 aromatic heterocycles. The number of rotatable bonds is 5. The number of hydrogen-bond acceptors (Lipinski definition) is 6. The van der Waals surface area contributed by atoms with E-state index < -0.39 is 23.2 Å². The fourth-order valence-electron chi connectivity index (χ4n) is 3.27. The largest absolute Gasteiger partial charge is 0.495 e. The second kappa shape index (κ2) is 8.75. The van der Waals surface area contributed by atoms with Crippen molar-refractivity contribution in [3.63, 3.8) is 0 Å². The Morgan fingerprint density at radius 2 is 1.94 bits per heavy atom. The Hall–Kier alpha value is -4.18. The minimum absolute atomic E-state index is 0.0211. The highest BCUT2D eigenvalue weighted by molar-refractivity contribution is 6.30. The number of methoxy groups -OCH3 is 1. The number of amides is 2. The van der Waals surface area contributed by atoms with Crippen molar-refractivity contribution in [3.8, 4) is 5.75 Å². The number of anilines is 2. The van der Waals surface area contributed by atoms with Gasteiger partial charge in [0.15, 0.2) is 0 Å². The Kier molecular flexibility index (Phi) is 5.84. The molecule has 4 aromatic rings. The number of hydrogen-bond donors (Lipinski definition) is 3. The molecule has 0 aliphatic carbocycles. The first-order chi connectivity index (χ1) is 15.8. The predicted molar refractivity (Wildman–Crippen MR) is 120 cm³/mol. The molecule has 2 heterocycles. The van der Waals surface area contributed by atoms with Crippen LogP contribution in [0.3, 0.4) is 0 Å². The van der Waals surface area contributed by atoms with Crippen molar-refractivity contribution in [2.45, 2.75) is 6.92 Å². The Balaban J connectivity index is 1.63. The number of aromatic amines is 1. The Bertz CT molecular complexity index is 1460. The summed E-state index contributed by atoms with van der Waals surface area (Å²) < 4.78 is 24.8. The van der Waals surface area contributed by atoms with Crippen LogP contribution in [-0.2, 0) is 0 Å². The van der Waals surface area contributed by atoms with E-state index in [1.807, 2.05) is 0 Å². The van der Waals surface area contributed by atoms with Crippen molar-refractivity contribution in [1.82, 2.24) is 9.97 Å². The summed E-state index contributed by atoms with van der Waals surface area (Å²) in [5.41, 5.74) is -0.208. The first-order valence-corrected chi connectivity index (χ1v) is 9.89. The molecule has 0 fully saturated rings. The maximum absolute atomic E-state index is 14.1. The predicted octanol–water partition coefficient (Wildman–Crippen LogP) is 4.13. The Labute approximate surface area is 190 Å². The second-order valence-corrected chi connectivity index (χ2v) is 7.33. The Morgan fingerprint density at radius 1 is 1.15 bits per heavy atom. The van der Waals surface area contributed by atoms with Crippen LogP contribution in [-0.4, -0.2) is 28.9 Å². The highest BCUT2D eigenvalue weighted by Crippen LogP contribution is 2.30. The standard InChI is InChI=1S/C22H16ClFN4O5/c1-10-17(18-20(30)25-9-26-22(18)33-10)21(31)27-12-4-6-16(32-2)15(8-12)28-19(29)13-5-3-11(23)7-14(13)24/h3-9H,1-2H3,(H,27,31)(H,28,29)(H,25,26,30). The zero-order chi connectivity index (χ0) is 23.7. The van der Waals surface area contributed by atoms with Crippen LogP contribution in [0.5, 0.6) is 5.75 Å². The summed E-state index contributed by atoms with van der Waals surface area (Å²) >= 11 is 5.73. The monoisotopic (exact) mass is 470 g/mol. The molecule has 11 heteroatoms. The molecule has 0 saturated carbocycles. The van der Waals surface area contributed by atoms with E-state index in [1.54, 1.807) is 0 Å². The number of aryl methyl sites for hydroxylation is 1. The van der Waals surface area contributed by atoms with E-state index in [4.69, 9.17) is 20.8 Å². The van der Waals surface area contributed by atoms with Gasteiger partial charge in [0.05, 0.1) is 30.3 Å². The van der Waals surface area contributed by atoms with Crippen molar-refractivity contribution < 1.29 is 23.1 Å². The summed E-state index contributed by atoms with van der Waals surface area (Å²) in [4.78, 5) is 44.0. The van der Waals surface area contributed by atoms with Crippen molar-refractivity contribution in [1.29, 1.82) is 0 Å². The van der Waals surface area contributed by atoms with E-state index in [0.717, 1.165) is 6.07 Å². The minimum Gasteiger partial charge on any atom is -0.495 e. The van der Waals surface area contributed by atoms with E-state index in [9.17, 15) is 18.8 Å². The molecule has 168 valence electrons. The fraction of sp³-hybridized carbons (Fsp3) is 0.0909. The number of benzene rings is 2. The number of H-pyrrole nitrogens is 1. The minimum atomic E-state index is -0.787. The topological polar surface area (TPSA) is 126 Å². The molecule has 2 amide bonds.